The molecule has 0 bridgehead atoms. The molecule has 1 aliphatic rings. The molecule has 4 heteroatoms. The second-order valence-corrected chi connectivity index (χ2v) is 8.74. The molecule has 0 spiro atoms. The smallest absolute Gasteiger partial charge is 0.179 e. The van der Waals surface area contributed by atoms with E-state index in [0.29, 0.717) is 4.90 Å². The molecule has 1 fully saturated rings. The second-order valence-electron chi connectivity index (χ2n) is 6.22. The summed E-state index contributed by atoms with van der Waals surface area (Å²) in [6.07, 6.45) is 5.56. The number of rotatable bonds is 4. The fourth-order valence-electron chi connectivity index (χ4n) is 3.14. The minimum absolute atomic E-state index is 0.0761. The van der Waals surface area contributed by atoms with Gasteiger partial charge < -0.3 is 0 Å². The van der Waals surface area contributed by atoms with Crippen LogP contribution in [-0.4, -0.2) is 19.5 Å². The van der Waals surface area contributed by atoms with Gasteiger partial charge in [0.05, 0.1) is 10.6 Å². The Balaban J connectivity index is 2.32. The van der Waals surface area contributed by atoms with Crippen molar-refractivity contribution in [3.05, 3.63) is 29.3 Å². The highest BCUT2D eigenvalue weighted by molar-refractivity contribution is 9.09. The van der Waals surface area contributed by atoms with Crippen LogP contribution in [-0.2, 0) is 9.84 Å². The third kappa shape index (κ3) is 3.45. The summed E-state index contributed by atoms with van der Waals surface area (Å²) in [5, 5.41) is 0.782. The van der Waals surface area contributed by atoms with Gasteiger partial charge in [-0.2, -0.15) is 0 Å². The number of aryl methyl sites for hydroxylation is 2. The first-order chi connectivity index (χ1) is 9.38. The van der Waals surface area contributed by atoms with Gasteiger partial charge >= 0.3 is 0 Å². The van der Waals surface area contributed by atoms with Gasteiger partial charge in [-0.25, -0.2) is 8.42 Å². The third-order valence-corrected chi connectivity index (χ3v) is 7.66. The fraction of sp³-hybridized carbons (Fsp3) is 0.625. The summed E-state index contributed by atoms with van der Waals surface area (Å²) in [6.45, 7) is 3.83. The van der Waals surface area contributed by atoms with Crippen LogP contribution in [0.5, 0.6) is 0 Å². The Bertz CT molecular complexity index is 572. The maximum absolute atomic E-state index is 12.8. The Morgan fingerprint density at radius 3 is 2.40 bits per heavy atom. The zero-order valence-electron chi connectivity index (χ0n) is 12.3. The monoisotopic (exact) mass is 358 g/mol. The van der Waals surface area contributed by atoms with E-state index in [-0.39, 0.29) is 11.2 Å². The van der Waals surface area contributed by atoms with E-state index in [0.717, 1.165) is 42.1 Å². The summed E-state index contributed by atoms with van der Waals surface area (Å²) >= 11 is 3.56. The molecule has 0 atom stereocenters. The molecular formula is C16H23BrO2S. The van der Waals surface area contributed by atoms with Crippen molar-refractivity contribution in [2.75, 3.05) is 11.1 Å². The quantitative estimate of drug-likeness (QED) is 0.746. The van der Waals surface area contributed by atoms with E-state index in [1.807, 2.05) is 32.0 Å². The molecule has 1 saturated carbocycles. The van der Waals surface area contributed by atoms with E-state index in [2.05, 4.69) is 15.9 Å². The number of halogens is 1. The molecule has 0 heterocycles. The van der Waals surface area contributed by atoms with E-state index in [9.17, 15) is 8.42 Å². The Morgan fingerprint density at radius 2 is 1.80 bits per heavy atom. The molecule has 0 saturated heterocycles. The molecule has 0 aromatic heterocycles. The summed E-state index contributed by atoms with van der Waals surface area (Å²) < 4.78 is 25.6. The number of hydrogen-bond acceptors (Lipinski definition) is 2. The molecule has 0 radical (unpaired) electrons. The Kier molecular flexibility index (Phi) is 4.96. The molecule has 2 rings (SSSR count). The largest absolute Gasteiger partial charge is 0.224 e. The van der Waals surface area contributed by atoms with Crippen molar-refractivity contribution >= 4 is 25.8 Å². The van der Waals surface area contributed by atoms with Gasteiger partial charge in [0, 0.05) is 5.33 Å². The number of benzene rings is 1. The number of sulfone groups is 1. The van der Waals surface area contributed by atoms with Gasteiger partial charge in [0.25, 0.3) is 0 Å². The average Bonchev–Trinajstić information content (AvgIpc) is 2.42. The SMILES string of the molecule is Cc1ccc(C)c(S(=O)(=O)CC2(CBr)CCCCC2)c1. The van der Waals surface area contributed by atoms with Crippen molar-refractivity contribution in [2.24, 2.45) is 5.41 Å². The van der Waals surface area contributed by atoms with E-state index in [1.165, 1.54) is 6.42 Å². The lowest BCUT2D eigenvalue weighted by atomic mass is 9.77. The van der Waals surface area contributed by atoms with Crippen molar-refractivity contribution in [3.63, 3.8) is 0 Å². The van der Waals surface area contributed by atoms with Crippen LogP contribution >= 0.6 is 15.9 Å². The lowest BCUT2D eigenvalue weighted by Gasteiger charge is -2.35. The second kappa shape index (κ2) is 6.18. The topological polar surface area (TPSA) is 34.1 Å². The molecule has 2 nitrogen and oxygen atoms in total. The van der Waals surface area contributed by atoms with Crippen molar-refractivity contribution in [2.45, 2.75) is 50.8 Å². The minimum Gasteiger partial charge on any atom is -0.224 e. The van der Waals surface area contributed by atoms with Crippen LogP contribution in [0.4, 0.5) is 0 Å². The van der Waals surface area contributed by atoms with Crippen LogP contribution in [0, 0.1) is 19.3 Å². The predicted octanol–water partition coefficient (Wildman–Crippen LogP) is 4.42. The first-order valence-electron chi connectivity index (χ1n) is 7.25. The molecule has 1 aromatic carbocycles. The van der Waals surface area contributed by atoms with E-state index < -0.39 is 9.84 Å². The zero-order chi connectivity index (χ0) is 14.8. The zero-order valence-corrected chi connectivity index (χ0v) is 14.7. The highest BCUT2D eigenvalue weighted by atomic mass is 79.9. The highest BCUT2D eigenvalue weighted by Gasteiger charge is 2.36. The van der Waals surface area contributed by atoms with Crippen LogP contribution in [0.3, 0.4) is 0 Å². The van der Waals surface area contributed by atoms with Crippen LogP contribution in [0.1, 0.15) is 43.2 Å². The van der Waals surface area contributed by atoms with Crippen LogP contribution in [0.15, 0.2) is 23.1 Å². The highest BCUT2D eigenvalue weighted by Crippen LogP contribution is 2.40. The number of alkyl halides is 1. The van der Waals surface area contributed by atoms with Crippen LogP contribution in [0.2, 0.25) is 0 Å². The first kappa shape index (κ1) is 16.0. The van der Waals surface area contributed by atoms with E-state index in [4.69, 9.17) is 0 Å². The molecule has 112 valence electrons. The lowest BCUT2D eigenvalue weighted by Crippen LogP contribution is -2.34. The standard InChI is InChI=1S/C16H23BrO2S/c1-13-6-7-14(2)15(10-13)20(18,19)12-16(11-17)8-4-3-5-9-16/h6-7,10H,3-5,8-9,11-12H2,1-2H3. The summed E-state index contributed by atoms with van der Waals surface area (Å²) in [6, 6.07) is 5.69. The van der Waals surface area contributed by atoms with Gasteiger partial charge in [-0.05, 0) is 49.3 Å². The van der Waals surface area contributed by atoms with Crippen molar-refractivity contribution < 1.29 is 8.42 Å². The lowest BCUT2D eigenvalue weighted by molar-refractivity contribution is 0.256. The van der Waals surface area contributed by atoms with Crippen LogP contribution in [0.25, 0.3) is 0 Å². The van der Waals surface area contributed by atoms with E-state index >= 15 is 0 Å². The summed E-state index contributed by atoms with van der Waals surface area (Å²) in [7, 11) is -3.21. The summed E-state index contributed by atoms with van der Waals surface area (Å²) in [4.78, 5) is 0.517. The normalized spacial score (nSPS) is 18.9. The van der Waals surface area contributed by atoms with Gasteiger partial charge in [-0.15, -0.1) is 0 Å². The van der Waals surface area contributed by atoms with Gasteiger partial charge in [0.1, 0.15) is 0 Å². The maximum atomic E-state index is 12.8. The molecule has 0 amide bonds. The molecule has 1 aromatic rings. The van der Waals surface area contributed by atoms with Gasteiger partial charge in [-0.3, -0.25) is 0 Å². The molecule has 1 aliphatic carbocycles. The van der Waals surface area contributed by atoms with Crippen molar-refractivity contribution in [3.8, 4) is 0 Å². The van der Waals surface area contributed by atoms with Crippen LogP contribution < -0.4 is 0 Å². The Hall–Kier alpha value is -0.350. The summed E-state index contributed by atoms with van der Waals surface area (Å²) in [5.41, 5.74) is 1.79. The van der Waals surface area contributed by atoms with Gasteiger partial charge in [-0.1, -0.05) is 47.3 Å². The van der Waals surface area contributed by atoms with E-state index in [1.54, 1.807) is 0 Å². The first-order valence-corrected chi connectivity index (χ1v) is 10.0. The molecular weight excluding hydrogens is 336 g/mol. The molecule has 20 heavy (non-hydrogen) atoms. The number of hydrogen-bond donors (Lipinski definition) is 0. The van der Waals surface area contributed by atoms with Gasteiger partial charge in [0.2, 0.25) is 0 Å². The summed E-state index contributed by atoms with van der Waals surface area (Å²) in [5.74, 6) is 0.273. The fourth-order valence-corrected chi connectivity index (χ4v) is 6.44. The minimum atomic E-state index is -3.21. The van der Waals surface area contributed by atoms with Crippen molar-refractivity contribution in [1.82, 2.24) is 0 Å². The molecule has 0 unspecified atom stereocenters. The predicted molar refractivity (Wildman–Crippen MR) is 87.3 cm³/mol. The Morgan fingerprint density at radius 1 is 1.15 bits per heavy atom. The Labute approximate surface area is 131 Å². The van der Waals surface area contributed by atoms with Crippen molar-refractivity contribution in [1.29, 1.82) is 0 Å². The molecule has 0 N–H and O–H groups in total. The third-order valence-electron chi connectivity index (χ3n) is 4.37. The van der Waals surface area contributed by atoms with Gasteiger partial charge in [0.15, 0.2) is 9.84 Å². The molecule has 0 aliphatic heterocycles. The maximum Gasteiger partial charge on any atom is 0.179 e. The average molecular weight is 359 g/mol.